The lowest BCUT2D eigenvalue weighted by Crippen LogP contribution is -2.17. The number of carbonyl (C=O) groups is 1. The lowest BCUT2D eigenvalue weighted by atomic mass is 10.2. The zero-order valence-electron chi connectivity index (χ0n) is 10.3. The van der Waals surface area contributed by atoms with Crippen LogP contribution in [0.1, 0.15) is 26.7 Å². The van der Waals surface area contributed by atoms with Crippen LogP contribution >= 0.6 is 0 Å². The number of carbonyl (C=O) groups excluding carboxylic acids is 1. The van der Waals surface area contributed by atoms with Gasteiger partial charge in [0.1, 0.15) is 11.9 Å². The molecule has 0 aliphatic carbocycles. The van der Waals surface area contributed by atoms with E-state index in [4.69, 9.17) is 9.47 Å². The number of ether oxygens (including phenoxy) is 2. The van der Waals surface area contributed by atoms with E-state index in [1.165, 1.54) is 0 Å². The molecule has 1 rings (SSSR count). The van der Waals surface area contributed by atoms with Gasteiger partial charge < -0.3 is 9.47 Å². The first-order valence-corrected chi connectivity index (χ1v) is 5.81. The molecule has 1 atom stereocenters. The predicted molar refractivity (Wildman–Crippen MR) is 67.1 cm³/mol. The molecule has 0 spiro atoms. The number of rotatable bonds is 5. The minimum Gasteiger partial charge on any atom is -0.431 e. The standard InChI is InChI=1S/C14H18O3/c1-3-4-6-9-12(2)16-14(15)17-13-10-7-5-8-11-13/h4-8,10-12H,3,9H2,1-2H3/b6-4+. The van der Waals surface area contributed by atoms with Crippen molar-refractivity contribution in [2.75, 3.05) is 0 Å². The lowest BCUT2D eigenvalue weighted by Gasteiger charge is -2.10. The van der Waals surface area contributed by atoms with Gasteiger partial charge in [0.25, 0.3) is 0 Å². The van der Waals surface area contributed by atoms with Crippen LogP contribution in [-0.2, 0) is 4.74 Å². The first-order valence-electron chi connectivity index (χ1n) is 5.81. The molecule has 1 aromatic rings. The summed E-state index contributed by atoms with van der Waals surface area (Å²) in [4.78, 5) is 11.4. The summed E-state index contributed by atoms with van der Waals surface area (Å²) in [5.41, 5.74) is 0. The minimum absolute atomic E-state index is 0.172. The molecule has 3 nitrogen and oxygen atoms in total. The maximum absolute atomic E-state index is 11.4. The quantitative estimate of drug-likeness (QED) is 0.439. The molecular formula is C14H18O3. The van der Waals surface area contributed by atoms with Gasteiger partial charge in [-0.1, -0.05) is 37.3 Å². The summed E-state index contributed by atoms with van der Waals surface area (Å²) in [6, 6.07) is 8.88. The second-order valence-electron chi connectivity index (χ2n) is 3.71. The molecule has 1 unspecified atom stereocenters. The molecule has 0 bridgehead atoms. The van der Waals surface area contributed by atoms with Gasteiger partial charge in [0.05, 0.1) is 0 Å². The number of allylic oxidation sites excluding steroid dienone is 1. The fourth-order valence-electron chi connectivity index (χ4n) is 1.28. The Labute approximate surface area is 102 Å². The Balaban J connectivity index is 2.32. The molecule has 0 fully saturated rings. The molecule has 0 aliphatic heterocycles. The van der Waals surface area contributed by atoms with Crippen molar-refractivity contribution in [1.82, 2.24) is 0 Å². The summed E-state index contributed by atoms with van der Waals surface area (Å²) in [6.07, 6.45) is 4.91. The van der Waals surface area contributed by atoms with E-state index in [9.17, 15) is 4.79 Å². The Morgan fingerprint density at radius 2 is 2.00 bits per heavy atom. The zero-order valence-corrected chi connectivity index (χ0v) is 10.3. The maximum atomic E-state index is 11.4. The molecule has 0 saturated carbocycles. The van der Waals surface area contributed by atoms with Crippen molar-refractivity contribution >= 4 is 6.16 Å². The van der Waals surface area contributed by atoms with Crippen LogP contribution in [0.15, 0.2) is 42.5 Å². The summed E-state index contributed by atoms with van der Waals surface area (Å²) in [5.74, 6) is 0.494. The number of benzene rings is 1. The van der Waals surface area contributed by atoms with Gasteiger partial charge in [-0.3, -0.25) is 0 Å². The van der Waals surface area contributed by atoms with Gasteiger partial charge in [0.2, 0.25) is 0 Å². The van der Waals surface area contributed by atoms with E-state index in [1.54, 1.807) is 24.3 Å². The maximum Gasteiger partial charge on any atom is 0.514 e. The second kappa shape index (κ2) is 7.49. The van der Waals surface area contributed by atoms with Crippen molar-refractivity contribution in [3.8, 4) is 5.75 Å². The Bertz CT molecular complexity index is 357. The third-order valence-electron chi connectivity index (χ3n) is 2.11. The van der Waals surface area contributed by atoms with Crippen molar-refractivity contribution < 1.29 is 14.3 Å². The van der Waals surface area contributed by atoms with E-state index in [-0.39, 0.29) is 6.10 Å². The monoisotopic (exact) mass is 234 g/mol. The summed E-state index contributed by atoms with van der Waals surface area (Å²) >= 11 is 0. The van der Waals surface area contributed by atoms with Crippen LogP contribution in [0.25, 0.3) is 0 Å². The minimum atomic E-state index is -0.659. The third kappa shape index (κ3) is 5.76. The number of hydrogen-bond donors (Lipinski definition) is 0. The molecule has 92 valence electrons. The Kier molecular flexibility index (Phi) is 5.86. The van der Waals surface area contributed by atoms with Gasteiger partial charge in [-0.2, -0.15) is 0 Å². The number of para-hydroxylation sites is 1. The van der Waals surface area contributed by atoms with Gasteiger partial charge in [-0.05, 0) is 25.5 Å². The molecule has 0 saturated heterocycles. The van der Waals surface area contributed by atoms with E-state index in [0.29, 0.717) is 12.2 Å². The average Bonchev–Trinajstić information content (AvgIpc) is 2.30. The van der Waals surface area contributed by atoms with Gasteiger partial charge in [-0.15, -0.1) is 0 Å². The van der Waals surface area contributed by atoms with E-state index in [1.807, 2.05) is 25.1 Å². The van der Waals surface area contributed by atoms with Crippen LogP contribution in [0.3, 0.4) is 0 Å². The van der Waals surface area contributed by atoms with E-state index < -0.39 is 6.16 Å². The highest BCUT2D eigenvalue weighted by atomic mass is 16.7. The van der Waals surface area contributed by atoms with E-state index in [2.05, 4.69) is 6.92 Å². The molecule has 0 radical (unpaired) electrons. The molecular weight excluding hydrogens is 216 g/mol. The molecule has 0 N–H and O–H groups in total. The Hall–Kier alpha value is -1.77. The topological polar surface area (TPSA) is 35.5 Å². The predicted octanol–water partition coefficient (Wildman–Crippen LogP) is 3.95. The van der Waals surface area contributed by atoms with E-state index in [0.717, 1.165) is 6.42 Å². The van der Waals surface area contributed by atoms with Crippen molar-refractivity contribution in [3.63, 3.8) is 0 Å². The first-order chi connectivity index (χ1) is 8.22. The summed E-state index contributed by atoms with van der Waals surface area (Å²) in [5, 5.41) is 0. The van der Waals surface area contributed by atoms with Crippen LogP contribution in [0.4, 0.5) is 4.79 Å². The largest absolute Gasteiger partial charge is 0.514 e. The molecule has 3 heteroatoms. The van der Waals surface area contributed by atoms with Crippen molar-refractivity contribution in [2.24, 2.45) is 0 Å². The smallest absolute Gasteiger partial charge is 0.431 e. The highest BCUT2D eigenvalue weighted by Crippen LogP contribution is 2.10. The summed E-state index contributed by atoms with van der Waals surface area (Å²) in [6.45, 7) is 3.90. The van der Waals surface area contributed by atoms with Gasteiger partial charge in [0, 0.05) is 6.42 Å². The molecule has 0 amide bonds. The Morgan fingerprint density at radius 3 is 2.65 bits per heavy atom. The summed E-state index contributed by atoms with van der Waals surface area (Å²) < 4.78 is 10.1. The van der Waals surface area contributed by atoms with Crippen molar-refractivity contribution in [1.29, 1.82) is 0 Å². The van der Waals surface area contributed by atoms with E-state index >= 15 is 0 Å². The fourth-order valence-corrected chi connectivity index (χ4v) is 1.28. The first kappa shape index (κ1) is 13.3. The normalized spacial score (nSPS) is 12.4. The van der Waals surface area contributed by atoms with Crippen LogP contribution in [0, 0.1) is 0 Å². The summed E-state index contributed by atoms with van der Waals surface area (Å²) in [7, 11) is 0. The molecule has 0 aliphatic rings. The number of hydrogen-bond acceptors (Lipinski definition) is 3. The average molecular weight is 234 g/mol. The van der Waals surface area contributed by atoms with Gasteiger partial charge in [0.15, 0.2) is 0 Å². The second-order valence-corrected chi connectivity index (χ2v) is 3.71. The third-order valence-corrected chi connectivity index (χ3v) is 2.11. The molecule has 0 aromatic heterocycles. The Morgan fingerprint density at radius 1 is 1.29 bits per heavy atom. The van der Waals surface area contributed by atoms with Crippen LogP contribution in [-0.4, -0.2) is 12.3 Å². The van der Waals surface area contributed by atoms with Crippen LogP contribution in [0.5, 0.6) is 5.75 Å². The van der Waals surface area contributed by atoms with Gasteiger partial charge in [-0.25, -0.2) is 4.79 Å². The van der Waals surface area contributed by atoms with Crippen molar-refractivity contribution in [2.45, 2.75) is 32.8 Å². The highest BCUT2D eigenvalue weighted by molar-refractivity contribution is 5.63. The lowest BCUT2D eigenvalue weighted by molar-refractivity contribution is 0.0670. The molecule has 17 heavy (non-hydrogen) atoms. The SMILES string of the molecule is CC/C=C/CC(C)OC(=O)Oc1ccccc1. The highest BCUT2D eigenvalue weighted by Gasteiger charge is 2.10. The van der Waals surface area contributed by atoms with Crippen molar-refractivity contribution in [3.05, 3.63) is 42.5 Å². The fraction of sp³-hybridized carbons (Fsp3) is 0.357. The molecule has 1 aromatic carbocycles. The van der Waals surface area contributed by atoms with Crippen LogP contribution in [0.2, 0.25) is 0 Å². The van der Waals surface area contributed by atoms with Crippen LogP contribution < -0.4 is 4.74 Å². The zero-order chi connectivity index (χ0) is 12.5. The van der Waals surface area contributed by atoms with Gasteiger partial charge >= 0.3 is 6.16 Å². The molecule has 0 heterocycles.